The molecule has 9 nitrogen and oxygen atoms in total. The van der Waals surface area contributed by atoms with Gasteiger partial charge in [-0.05, 0) is 36.5 Å². The third kappa shape index (κ3) is 4.64. The Bertz CT molecular complexity index is 1330. The summed E-state index contributed by atoms with van der Waals surface area (Å²) in [5.74, 6) is -0.659. The van der Waals surface area contributed by atoms with Gasteiger partial charge < -0.3 is 19.9 Å². The van der Waals surface area contributed by atoms with Crippen LogP contribution in [0.5, 0.6) is 0 Å². The summed E-state index contributed by atoms with van der Waals surface area (Å²) in [5.41, 5.74) is 3.37. The fourth-order valence-corrected chi connectivity index (χ4v) is 5.76. The number of aromatic nitrogens is 1. The lowest BCUT2D eigenvalue weighted by Crippen LogP contribution is -2.65. The Morgan fingerprint density at radius 2 is 1.87 bits per heavy atom. The number of nitrogens with one attached hydrogen (secondary N) is 1. The summed E-state index contributed by atoms with van der Waals surface area (Å²) in [4.78, 5) is 44.3. The highest BCUT2D eigenvalue weighted by molar-refractivity contribution is 8.93. The third-order valence-corrected chi connectivity index (χ3v) is 7.92. The molecule has 10 heteroatoms. The average molecular weight is 585 g/mol. The molecular formula is C28H33BrN4O5. The van der Waals surface area contributed by atoms with Gasteiger partial charge in [0.25, 0.3) is 6.09 Å². The van der Waals surface area contributed by atoms with Gasteiger partial charge in [-0.2, -0.15) is 0 Å². The first-order valence-electron chi connectivity index (χ1n) is 12.8. The molecule has 1 amide bonds. The summed E-state index contributed by atoms with van der Waals surface area (Å²) >= 11 is 0. The van der Waals surface area contributed by atoms with Gasteiger partial charge >= 0.3 is 5.97 Å². The number of aliphatic carboxylic acids is 1. The number of quaternary nitrogens is 1. The average Bonchev–Trinajstić information content (AvgIpc) is 3.51. The molecule has 2 aliphatic heterocycles. The number of likely N-dealkylation sites (tertiary alicyclic amines) is 1. The van der Waals surface area contributed by atoms with Crippen molar-refractivity contribution in [2.45, 2.75) is 70.4 Å². The van der Waals surface area contributed by atoms with Crippen molar-refractivity contribution in [3.63, 3.8) is 0 Å². The number of hydrogen-bond acceptors (Lipinski definition) is 6. The van der Waals surface area contributed by atoms with E-state index in [-0.39, 0.29) is 48.1 Å². The van der Waals surface area contributed by atoms with Crippen molar-refractivity contribution in [2.75, 3.05) is 13.1 Å². The molecule has 2 N–H and O–H groups in total. The number of amidine groups is 1. The first-order valence-corrected chi connectivity index (χ1v) is 12.8. The van der Waals surface area contributed by atoms with Crippen molar-refractivity contribution in [3.8, 4) is 0 Å². The van der Waals surface area contributed by atoms with E-state index in [0.717, 1.165) is 24.1 Å². The van der Waals surface area contributed by atoms with E-state index in [2.05, 4.69) is 4.98 Å². The molecule has 2 aromatic rings. The molecular weight excluding hydrogens is 552 g/mol. The van der Waals surface area contributed by atoms with E-state index in [1.54, 1.807) is 23.1 Å². The van der Waals surface area contributed by atoms with Gasteiger partial charge in [-0.25, -0.2) is 14.3 Å². The number of pyridine rings is 1. The maximum absolute atomic E-state index is 13.4. The van der Waals surface area contributed by atoms with E-state index >= 15 is 0 Å². The van der Waals surface area contributed by atoms with E-state index < -0.39 is 28.0 Å². The van der Waals surface area contributed by atoms with Crippen LogP contribution in [0.2, 0.25) is 0 Å². The molecule has 202 valence electrons. The summed E-state index contributed by atoms with van der Waals surface area (Å²) in [5, 5.41) is 30.9. The number of carboxylic acids is 1. The number of amides is 1. The number of Topliss-reactive ketones (excluding diaryl/α,β-unsaturated/α-hetero) is 1. The minimum atomic E-state index is -1.45. The van der Waals surface area contributed by atoms with Crippen molar-refractivity contribution in [1.29, 1.82) is 5.41 Å². The fourth-order valence-electron chi connectivity index (χ4n) is 5.76. The standard InChI is InChI=1S/C28H32N4O5.BrH/c1-28(2,3)19-13-17(9-11-21(19)32(27(36)37)12-4-5-22(32)26(34)35)23(33)15-31-14-18-8-10-20(16-6-7-16)30-24(18)25(31)29;/h8-11,13,16,22,29H,4-7,12,14-15H2,1-3H3,(H-,34,35,36,37);1H. The number of carbonyl (C=O) groups is 3. The molecule has 0 spiro atoms. The summed E-state index contributed by atoms with van der Waals surface area (Å²) in [7, 11) is 0. The monoisotopic (exact) mass is 584 g/mol. The third-order valence-electron chi connectivity index (χ3n) is 7.92. The Hall–Kier alpha value is -3.11. The van der Waals surface area contributed by atoms with Crippen LogP contribution in [0, 0.1) is 5.41 Å². The molecule has 3 heterocycles. The van der Waals surface area contributed by atoms with Crippen LogP contribution in [-0.2, 0) is 16.8 Å². The molecule has 1 saturated carbocycles. The predicted molar refractivity (Wildman–Crippen MR) is 146 cm³/mol. The quantitative estimate of drug-likeness (QED) is 0.390. The molecule has 1 aliphatic carbocycles. The number of nitrogens with zero attached hydrogens (tertiary/aromatic N) is 3. The topological polar surface area (TPSA) is 134 Å². The summed E-state index contributed by atoms with van der Waals surface area (Å²) in [6, 6.07) is 7.71. The minimum absolute atomic E-state index is 0. The number of fused-ring (bicyclic) bond motifs is 1. The summed E-state index contributed by atoms with van der Waals surface area (Å²) in [6.45, 7) is 6.28. The van der Waals surface area contributed by atoms with E-state index in [4.69, 9.17) is 5.41 Å². The van der Waals surface area contributed by atoms with Crippen LogP contribution in [0.15, 0.2) is 30.3 Å². The van der Waals surface area contributed by atoms with Crippen molar-refractivity contribution in [3.05, 3.63) is 58.4 Å². The van der Waals surface area contributed by atoms with E-state index in [1.165, 1.54) is 0 Å². The molecule has 0 radical (unpaired) electrons. The molecule has 1 aromatic heterocycles. The van der Waals surface area contributed by atoms with Gasteiger partial charge in [0.2, 0.25) is 0 Å². The van der Waals surface area contributed by atoms with Crippen molar-refractivity contribution < 1.29 is 24.6 Å². The zero-order valence-corrected chi connectivity index (χ0v) is 23.5. The number of carbonyl (C=O) groups excluding carboxylic acids is 2. The lowest BCUT2D eigenvalue weighted by molar-refractivity contribution is -0.265. The van der Waals surface area contributed by atoms with Gasteiger partial charge in [0.05, 0.1) is 13.1 Å². The second-order valence-electron chi connectivity index (χ2n) is 11.5. The molecule has 2 atom stereocenters. The molecule has 1 aromatic carbocycles. The van der Waals surface area contributed by atoms with Crippen LogP contribution in [0.1, 0.15) is 85.2 Å². The Balaban J connectivity index is 0.00000336. The van der Waals surface area contributed by atoms with Gasteiger partial charge in [-0.1, -0.05) is 26.8 Å². The lowest BCUT2D eigenvalue weighted by Gasteiger charge is -2.40. The number of halogens is 1. The normalized spacial score (nSPS) is 22.7. The van der Waals surface area contributed by atoms with Gasteiger partial charge in [0.1, 0.15) is 17.2 Å². The molecule has 1 saturated heterocycles. The van der Waals surface area contributed by atoms with Crippen molar-refractivity contribution >= 4 is 46.4 Å². The summed E-state index contributed by atoms with van der Waals surface area (Å²) < 4.78 is -0.780. The predicted octanol–water partition coefficient (Wildman–Crippen LogP) is 3.76. The number of ketones is 1. The largest absolute Gasteiger partial charge is 0.498 e. The maximum Gasteiger partial charge on any atom is 0.363 e. The van der Waals surface area contributed by atoms with E-state index in [9.17, 15) is 24.6 Å². The number of carboxylic acid groups (broad SMARTS) is 2. The van der Waals surface area contributed by atoms with Crippen LogP contribution in [0.4, 0.5) is 10.5 Å². The fraction of sp³-hybridized carbons (Fsp3) is 0.464. The second kappa shape index (κ2) is 9.89. The lowest BCUT2D eigenvalue weighted by atomic mass is 9.83. The second-order valence-corrected chi connectivity index (χ2v) is 11.5. The molecule has 0 bridgehead atoms. The van der Waals surface area contributed by atoms with Gasteiger partial charge in [0, 0.05) is 53.8 Å². The first-order chi connectivity index (χ1) is 17.4. The van der Waals surface area contributed by atoms with Crippen LogP contribution >= 0.6 is 17.0 Å². The van der Waals surface area contributed by atoms with Crippen LogP contribution in [-0.4, -0.2) is 57.8 Å². The minimum Gasteiger partial charge on any atom is -0.498 e. The smallest absolute Gasteiger partial charge is 0.363 e. The van der Waals surface area contributed by atoms with Gasteiger partial charge in [-0.15, -0.1) is 17.0 Å². The van der Waals surface area contributed by atoms with Crippen LogP contribution in [0.25, 0.3) is 0 Å². The zero-order valence-electron chi connectivity index (χ0n) is 21.8. The van der Waals surface area contributed by atoms with Crippen molar-refractivity contribution in [1.82, 2.24) is 14.4 Å². The van der Waals surface area contributed by atoms with Crippen LogP contribution < -0.4 is 9.59 Å². The van der Waals surface area contributed by atoms with Gasteiger partial charge in [-0.3, -0.25) is 10.2 Å². The van der Waals surface area contributed by atoms with E-state index in [1.807, 2.05) is 32.9 Å². The Morgan fingerprint density at radius 3 is 2.47 bits per heavy atom. The molecule has 2 fully saturated rings. The maximum atomic E-state index is 13.4. The molecule has 38 heavy (non-hydrogen) atoms. The summed E-state index contributed by atoms with van der Waals surface area (Å²) in [6.07, 6.45) is 1.48. The first kappa shape index (κ1) is 27.9. The molecule has 3 aliphatic rings. The highest BCUT2D eigenvalue weighted by Crippen LogP contribution is 2.42. The highest BCUT2D eigenvalue weighted by Gasteiger charge is 2.52. The molecule has 5 rings (SSSR count). The van der Waals surface area contributed by atoms with Gasteiger partial charge in [0.15, 0.2) is 11.8 Å². The Kier molecular flexibility index (Phi) is 7.26. The number of hydrogen-bond donors (Lipinski definition) is 2. The molecule has 2 unspecified atom stereocenters. The van der Waals surface area contributed by atoms with Crippen molar-refractivity contribution in [2.24, 2.45) is 0 Å². The Labute approximate surface area is 232 Å². The zero-order chi connectivity index (χ0) is 26.7. The highest BCUT2D eigenvalue weighted by atomic mass is 79.9. The van der Waals surface area contributed by atoms with E-state index in [0.29, 0.717) is 41.4 Å². The van der Waals surface area contributed by atoms with Crippen LogP contribution in [0.3, 0.4) is 0 Å². The SMILES string of the molecule is Br.CC(C)(C)c1cc(C(=O)CN2Cc3ccc(C4CC4)nc3C2=N)ccc1[N+]1(C(=O)[O-])CCCC1C(=O)O. The number of rotatable bonds is 6. The number of benzene rings is 1. The Morgan fingerprint density at radius 1 is 1.16 bits per heavy atom.